The van der Waals surface area contributed by atoms with Crippen LogP contribution < -0.4 is 0 Å². The summed E-state index contributed by atoms with van der Waals surface area (Å²) in [5.41, 5.74) is -0.199. The molecule has 90 valence electrons. The third-order valence-electron chi connectivity index (χ3n) is 2.75. The topological polar surface area (TPSA) is 35.5 Å². The monoisotopic (exact) mass is 216 g/mol. The second-order valence-corrected chi connectivity index (χ2v) is 4.37. The molecular formula is C12H24O3. The molecule has 0 saturated heterocycles. The lowest BCUT2D eigenvalue weighted by atomic mass is 9.84. The first kappa shape index (κ1) is 14.6. The largest absolute Gasteiger partial charge is 0.385 e. The molecule has 0 aromatic carbocycles. The van der Waals surface area contributed by atoms with Gasteiger partial charge >= 0.3 is 0 Å². The van der Waals surface area contributed by atoms with Crippen molar-refractivity contribution >= 4 is 5.78 Å². The minimum atomic E-state index is -0.199. The average Bonchev–Trinajstić information content (AvgIpc) is 2.22. The number of rotatable bonds is 9. The van der Waals surface area contributed by atoms with Crippen LogP contribution in [0.5, 0.6) is 0 Å². The van der Waals surface area contributed by atoms with E-state index in [1.807, 2.05) is 20.8 Å². The van der Waals surface area contributed by atoms with Crippen LogP contribution >= 0.6 is 0 Å². The number of Topliss-reactive ketones (excluding diaryl/α,β-unsaturated/α-hetero) is 1. The maximum absolute atomic E-state index is 11.7. The second kappa shape index (κ2) is 7.83. The summed E-state index contributed by atoms with van der Waals surface area (Å²) < 4.78 is 10.2. The van der Waals surface area contributed by atoms with E-state index in [1.54, 1.807) is 7.11 Å². The summed E-state index contributed by atoms with van der Waals surface area (Å²) in [6.45, 7) is 7.94. The van der Waals surface area contributed by atoms with Gasteiger partial charge in [-0.25, -0.2) is 0 Å². The fourth-order valence-electron chi connectivity index (χ4n) is 1.11. The summed E-state index contributed by atoms with van der Waals surface area (Å²) in [5.74, 6) is 0.289. The molecule has 0 N–H and O–H groups in total. The van der Waals surface area contributed by atoms with Gasteiger partial charge in [-0.15, -0.1) is 0 Å². The summed E-state index contributed by atoms with van der Waals surface area (Å²) in [6.07, 6.45) is 2.30. The lowest BCUT2D eigenvalue weighted by Gasteiger charge is -2.20. The molecule has 0 aromatic rings. The highest BCUT2D eigenvalue weighted by molar-refractivity contribution is 5.84. The minimum Gasteiger partial charge on any atom is -0.385 e. The van der Waals surface area contributed by atoms with Crippen LogP contribution in [-0.2, 0) is 14.3 Å². The molecule has 0 spiro atoms. The molecule has 0 aliphatic rings. The summed E-state index contributed by atoms with van der Waals surface area (Å²) in [7, 11) is 1.67. The molecule has 0 aliphatic heterocycles. The Morgan fingerprint density at radius 3 is 2.40 bits per heavy atom. The number of hydrogen-bond acceptors (Lipinski definition) is 3. The number of carbonyl (C=O) groups excluding carboxylic acids is 1. The molecule has 3 heteroatoms. The standard InChI is InChI=1S/C12H24O3/c1-5-12(2,3)11(13)7-10-15-9-6-8-14-4/h5-10H2,1-4H3. The van der Waals surface area contributed by atoms with Crippen molar-refractivity contribution in [1.82, 2.24) is 0 Å². The Hall–Kier alpha value is -0.410. The highest BCUT2D eigenvalue weighted by atomic mass is 16.5. The van der Waals surface area contributed by atoms with E-state index in [0.29, 0.717) is 26.2 Å². The molecule has 0 rings (SSSR count). The number of methoxy groups -OCH3 is 1. The Morgan fingerprint density at radius 1 is 1.20 bits per heavy atom. The number of hydrogen-bond donors (Lipinski definition) is 0. The van der Waals surface area contributed by atoms with Gasteiger partial charge < -0.3 is 9.47 Å². The van der Waals surface area contributed by atoms with Gasteiger partial charge in [0, 0.05) is 32.2 Å². The summed E-state index contributed by atoms with van der Waals surface area (Å²) in [4.78, 5) is 11.7. The predicted octanol–water partition coefficient (Wildman–Crippen LogP) is 2.43. The number of carbonyl (C=O) groups is 1. The molecule has 0 bridgehead atoms. The van der Waals surface area contributed by atoms with Crippen molar-refractivity contribution in [3.05, 3.63) is 0 Å². The normalized spacial score (nSPS) is 11.7. The van der Waals surface area contributed by atoms with Crippen molar-refractivity contribution in [2.75, 3.05) is 26.9 Å². The molecule has 0 atom stereocenters. The van der Waals surface area contributed by atoms with Gasteiger partial charge in [0.05, 0.1) is 6.61 Å². The minimum absolute atomic E-state index is 0.199. The number of ether oxygens (including phenoxy) is 2. The number of ketones is 1. The van der Waals surface area contributed by atoms with Gasteiger partial charge in [-0.3, -0.25) is 4.79 Å². The van der Waals surface area contributed by atoms with E-state index in [1.165, 1.54) is 0 Å². The van der Waals surface area contributed by atoms with Gasteiger partial charge in [-0.2, -0.15) is 0 Å². The third kappa shape index (κ3) is 6.63. The highest BCUT2D eigenvalue weighted by Crippen LogP contribution is 2.22. The maximum atomic E-state index is 11.7. The predicted molar refractivity (Wildman–Crippen MR) is 61.0 cm³/mol. The van der Waals surface area contributed by atoms with Gasteiger partial charge in [0.2, 0.25) is 0 Å². The lowest BCUT2D eigenvalue weighted by Crippen LogP contribution is -2.24. The van der Waals surface area contributed by atoms with Gasteiger partial charge in [-0.1, -0.05) is 20.8 Å². The lowest BCUT2D eigenvalue weighted by molar-refractivity contribution is -0.128. The van der Waals surface area contributed by atoms with E-state index in [-0.39, 0.29) is 11.2 Å². The maximum Gasteiger partial charge on any atom is 0.140 e. The van der Waals surface area contributed by atoms with Crippen molar-refractivity contribution in [1.29, 1.82) is 0 Å². The van der Waals surface area contributed by atoms with Crippen LogP contribution in [0.2, 0.25) is 0 Å². The smallest absolute Gasteiger partial charge is 0.140 e. The van der Waals surface area contributed by atoms with Crippen molar-refractivity contribution in [2.45, 2.75) is 40.0 Å². The second-order valence-electron chi connectivity index (χ2n) is 4.37. The van der Waals surface area contributed by atoms with Crippen LogP contribution in [0.25, 0.3) is 0 Å². The molecule has 3 nitrogen and oxygen atoms in total. The van der Waals surface area contributed by atoms with Crippen LogP contribution in [0.1, 0.15) is 40.0 Å². The van der Waals surface area contributed by atoms with Gasteiger partial charge in [0.15, 0.2) is 0 Å². The zero-order valence-corrected chi connectivity index (χ0v) is 10.5. The summed E-state index contributed by atoms with van der Waals surface area (Å²) >= 11 is 0. The fraction of sp³-hybridized carbons (Fsp3) is 0.917. The van der Waals surface area contributed by atoms with Crippen molar-refractivity contribution in [2.24, 2.45) is 5.41 Å². The van der Waals surface area contributed by atoms with Crippen LogP contribution in [0.4, 0.5) is 0 Å². The van der Waals surface area contributed by atoms with Crippen LogP contribution in [0, 0.1) is 5.41 Å². The average molecular weight is 216 g/mol. The van der Waals surface area contributed by atoms with E-state index < -0.39 is 0 Å². The van der Waals surface area contributed by atoms with Crippen LogP contribution in [-0.4, -0.2) is 32.7 Å². The molecule has 0 radical (unpaired) electrons. The van der Waals surface area contributed by atoms with Crippen molar-refractivity contribution < 1.29 is 14.3 Å². The van der Waals surface area contributed by atoms with Crippen LogP contribution in [0.3, 0.4) is 0 Å². The first-order valence-corrected chi connectivity index (χ1v) is 5.64. The van der Waals surface area contributed by atoms with E-state index in [9.17, 15) is 4.79 Å². The van der Waals surface area contributed by atoms with Gasteiger partial charge in [-0.05, 0) is 12.8 Å². The molecule has 0 aliphatic carbocycles. The van der Waals surface area contributed by atoms with E-state index in [4.69, 9.17) is 9.47 Å². The zero-order chi connectivity index (χ0) is 11.7. The summed E-state index contributed by atoms with van der Waals surface area (Å²) in [5, 5.41) is 0. The van der Waals surface area contributed by atoms with Gasteiger partial charge in [0.1, 0.15) is 5.78 Å². The first-order chi connectivity index (χ1) is 7.04. The Morgan fingerprint density at radius 2 is 1.87 bits per heavy atom. The quantitative estimate of drug-likeness (QED) is 0.555. The molecule has 0 unspecified atom stereocenters. The Labute approximate surface area is 93.1 Å². The molecule has 0 aromatic heterocycles. The summed E-state index contributed by atoms with van der Waals surface area (Å²) in [6, 6.07) is 0. The molecule has 15 heavy (non-hydrogen) atoms. The van der Waals surface area contributed by atoms with Gasteiger partial charge in [0.25, 0.3) is 0 Å². The molecule has 0 saturated carbocycles. The highest BCUT2D eigenvalue weighted by Gasteiger charge is 2.24. The Balaban J connectivity index is 3.47. The zero-order valence-electron chi connectivity index (χ0n) is 10.5. The van der Waals surface area contributed by atoms with Crippen molar-refractivity contribution in [3.63, 3.8) is 0 Å². The van der Waals surface area contributed by atoms with E-state index >= 15 is 0 Å². The molecule has 0 amide bonds. The van der Waals surface area contributed by atoms with Crippen LogP contribution in [0.15, 0.2) is 0 Å². The Bertz CT molecular complexity index is 176. The molecular weight excluding hydrogens is 192 g/mol. The van der Waals surface area contributed by atoms with E-state index in [2.05, 4.69) is 0 Å². The SMILES string of the molecule is CCC(C)(C)C(=O)CCOCCCOC. The molecule has 0 heterocycles. The fourth-order valence-corrected chi connectivity index (χ4v) is 1.11. The molecule has 0 fully saturated rings. The van der Waals surface area contributed by atoms with E-state index in [0.717, 1.165) is 12.8 Å². The first-order valence-electron chi connectivity index (χ1n) is 5.64. The Kier molecular flexibility index (Phi) is 7.61. The third-order valence-corrected chi connectivity index (χ3v) is 2.75. The van der Waals surface area contributed by atoms with Crippen molar-refractivity contribution in [3.8, 4) is 0 Å².